The van der Waals surface area contributed by atoms with E-state index in [-0.39, 0.29) is 0 Å². The first-order valence-corrected chi connectivity index (χ1v) is 6.60. The first-order chi connectivity index (χ1) is 8.22. The van der Waals surface area contributed by atoms with Crippen LogP contribution in [0.15, 0.2) is 24.3 Å². The Bertz CT molecular complexity index is 318. The predicted octanol–water partition coefficient (Wildman–Crippen LogP) is 3.58. The molecule has 1 N–H and O–H groups in total. The Labute approximate surface area is 105 Å². The van der Waals surface area contributed by atoms with Crippen LogP contribution in [0.4, 0.5) is 0 Å². The van der Waals surface area contributed by atoms with Gasteiger partial charge in [0.05, 0.1) is 7.11 Å². The Balaban J connectivity index is 2.79. The third-order valence-corrected chi connectivity index (χ3v) is 3.29. The molecule has 0 saturated heterocycles. The van der Waals surface area contributed by atoms with Crippen LogP contribution in [0.2, 0.25) is 0 Å². The highest BCUT2D eigenvalue weighted by Crippen LogP contribution is 2.25. The lowest BCUT2D eigenvalue weighted by atomic mass is 9.90. The Morgan fingerprint density at radius 3 is 2.65 bits per heavy atom. The molecule has 0 radical (unpaired) electrons. The summed E-state index contributed by atoms with van der Waals surface area (Å²) in [5, 5.41) is 3.58. The number of likely N-dealkylation sites (N-methyl/N-ethyl adjacent to an activating group) is 1. The van der Waals surface area contributed by atoms with Crippen molar-refractivity contribution in [2.24, 2.45) is 0 Å². The van der Waals surface area contributed by atoms with Gasteiger partial charge < -0.3 is 10.1 Å². The molecule has 0 bridgehead atoms. The van der Waals surface area contributed by atoms with E-state index in [2.05, 4.69) is 44.3 Å². The van der Waals surface area contributed by atoms with Gasteiger partial charge in [-0.2, -0.15) is 0 Å². The highest BCUT2D eigenvalue weighted by atomic mass is 16.5. The van der Waals surface area contributed by atoms with Gasteiger partial charge in [0.25, 0.3) is 0 Å². The fraction of sp³-hybridized carbons (Fsp3) is 0.600. The lowest BCUT2D eigenvalue weighted by Crippen LogP contribution is -2.33. The van der Waals surface area contributed by atoms with Crippen molar-refractivity contribution in [3.8, 4) is 5.75 Å². The number of methoxy groups -OCH3 is 1. The molecule has 0 amide bonds. The largest absolute Gasteiger partial charge is 0.497 e. The van der Waals surface area contributed by atoms with E-state index < -0.39 is 0 Å². The molecule has 1 aromatic rings. The molecule has 96 valence electrons. The number of benzene rings is 1. The standard InChI is InChI=1S/C15H25NO/c1-5-8-15(16-6-2)12(3)13-9-7-10-14(11-13)17-4/h7,9-12,15-16H,5-6,8H2,1-4H3. The summed E-state index contributed by atoms with van der Waals surface area (Å²) in [5.41, 5.74) is 1.35. The van der Waals surface area contributed by atoms with Gasteiger partial charge in [-0.3, -0.25) is 0 Å². The molecular formula is C15H25NO. The Kier molecular flexibility index (Phi) is 6.06. The van der Waals surface area contributed by atoms with Crippen LogP contribution in [0.1, 0.15) is 45.1 Å². The molecule has 17 heavy (non-hydrogen) atoms. The molecule has 0 heterocycles. The van der Waals surface area contributed by atoms with E-state index in [0.29, 0.717) is 12.0 Å². The van der Waals surface area contributed by atoms with Gasteiger partial charge in [-0.25, -0.2) is 0 Å². The Hall–Kier alpha value is -1.02. The summed E-state index contributed by atoms with van der Waals surface area (Å²) in [6.45, 7) is 7.72. The smallest absolute Gasteiger partial charge is 0.119 e. The van der Waals surface area contributed by atoms with E-state index in [9.17, 15) is 0 Å². The Morgan fingerprint density at radius 2 is 2.06 bits per heavy atom. The minimum absolute atomic E-state index is 0.519. The maximum Gasteiger partial charge on any atom is 0.119 e. The van der Waals surface area contributed by atoms with E-state index in [4.69, 9.17) is 4.74 Å². The SMILES string of the molecule is CCCC(NCC)C(C)c1cccc(OC)c1. The van der Waals surface area contributed by atoms with E-state index in [0.717, 1.165) is 12.3 Å². The molecule has 2 heteroatoms. The van der Waals surface area contributed by atoms with Crippen LogP contribution in [-0.4, -0.2) is 19.7 Å². The van der Waals surface area contributed by atoms with Crippen LogP contribution < -0.4 is 10.1 Å². The lowest BCUT2D eigenvalue weighted by Gasteiger charge is -2.25. The second-order valence-electron chi connectivity index (χ2n) is 4.52. The zero-order valence-electron chi connectivity index (χ0n) is 11.5. The van der Waals surface area contributed by atoms with E-state index in [1.165, 1.54) is 18.4 Å². The number of hydrogen-bond donors (Lipinski definition) is 1. The second-order valence-corrected chi connectivity index (χ2v) is 4.52. The predicted molar refractivity (Wildman–Crippen MR) is 73.8 cm³/mol. The molecule has 2 atom stereocenters. The van der Waals surface area contributed by atoms with Crippen molar-refractivity contribution in [1.29, 1.82) is 0 Å². The monoisotopic (exact) mass is 235 g/mol. The normalized spacial score (nSPS) is 14.4. The summed E-state index contributed by atoms with van der Waals surface area (Å²) in [7, 11) is 1.72. The van der Waals surface area contributed by atoms with Crippen molar-refractivity contribution in [2.75, 3.05) is 13.7 Å². The first-order valence-electron chi connectivity index (χ1n) is 6.60. The first kappa shape index (κ1) is 14.0. The minimum Gasteiger partial charge on any atom is -0.497 e. The van der Waals surface area contributed by atoms with Crippen LogP contribution in [-0.2, 0) is 0 Å². The van der Waals surface area contributed by atoms with Crippen molar-refractivity contribution in [1.82, 2.24) is 5.32 Å². The lowest BCUT2D eigenvalue weighted by molar-refractivity contribution is 0.408. The fourth-order valence-corrected chi connectivity index (χ4v) is 2.26. The molecule has 0 saturated carbocycles. The van der Waals surface area contributed by atoms with E-state index >= 15 is 0 Å². The van der Waals surface area contributed by atoms with Gasteiger partial charge in [0.1, 0.15) is 5.75 Å². The highest BCUT2D eigenvalue weighted by molar-refractivity contribution is 5.31. The summed E-state index contributed by atoms with van der Waals surface area (Å²) < 4.78 is 5.28. The van der Waals surface area contributed by atoms with Gasteiger partial charge in [0, 0.05) is 6.04 Å². The molecular weight excluding hydrogens is 210 g/mol. The summed E-state index contributed by atoms with van der Waals surface area (Å²) in [4.78, 5) is 0. The maximum atomic E-state index is 5.28. The highest BCUT2D eigenvalue weighted by Gasteiger charge is 2.17. The summed E-state index contributed by atoms with van der Waals surface area (Å²) in [5.74, 6) is 1.46. The average molecular weight is 235 g/mol. The molecule has 0 aliphatic carbocycles. The molecule has 0 aromatic heterocycles. The van der Waals surface area contributed by atoms with Crippen LogP contribution in [0.25, 0.3) is 0 Å². The maximum absolute atomic E-state index is 5.28. The van der Waals surface area contributed by atoms with Gasteiger partial charge in [0.2, 0.25) is 0 Å². The number of hydrogen-bond acceptors (Lipinski definition) is 2. The van der Waals surface area contributed by atoms with Crippen LogP contribution in [0.3, 0.4) is 0 Å². The molecule has 0 aliphatic rings. The van der Waals surface area contributed by atoms with E-state index in [1.807, 2.05) is 6.07 Å². The van der Waals surface area contributed by atoms with Crippen molar-refractivity contribution in [2.45, 2.75) is 45.6 Å². The average Bonchev–Trinajstić information content (AvgIpc) is 2.38. The number of nitrogens with one attached hydrogen (secondary N) is 1. The summed E-state index contributed by atoms with van der Waals surface area (Å²) in [6, 6.07) is 8.95. The van der Waals surface area contributed by atoms with Gasteiger partial charge in [-0.15, -0.1) is 0 Å². The molecule has 0 fully saturated rings. The van der Waals surface area contributed by atoms with Gasteiger partial charge >= 0.3 is 0 Å². The number of rotatable bonds is 7. The molecule has 2 unspecified atom stereocenters. The third-order valence-electron chi connectivity index (χ3n) is 3.29. The van der Waals surface area contributed by atoms with Gasteiger partial charge in [-0.05, 0) is 36.6 Å². The van der Waals surface area contributed by atoms with Crippen molar-refractivity contribution in [3.05, 3.63) is 29.8 Å². The quantitative estimate of drug-likeness (QED) is 0.780. The minimum atomic E-state index is 0.519. The van der Waals surface area contributed by atoms with Crippen LogP contribution >= 0.6 is 0 Å². The zero-order valence-corrected chi connectivity index (χ0v) is 11.5. The van der Waals surface area contributed by atoms with Crippen LogP contribution in [0.5, 0.6) is 5.75 Å². The molecule has 2 nitrogen and oxygen atoms in total. The molecule has 1 rings (SSSR count). The third kappa shape index (κ3) is 4.04. The molecule has 1 aromatic carbocycles. The second kappa shape index (κ2) is 7.33. The van der Waals surface area contributed by atoms with Crippen LogP contribution in [0, 0.1) is 0 Å². The van der Waals surface area contributed by atoms with Gasteiger partial charge in [0.15, 0.2) is 0 Å². The van der Waals surface area contributed by atoms with E-state index in [1.54, 1.807) is 7.11 Å². The molecule has 0 aliphatic heterocycles. The number of ether oxygens (including phenoxy) is 1. The fourth-order valence-electron chi connectivity index (χ4n) is 2.26. The topological polar surface area (TPSA) is 21.3 Å². The zero-order chi connectivity index (χ0) is 12.7. The van der Waals surface area contributed by atoms with Gasteiger partial charge in [-0.1, -0.05) is 39.3 Å². The van der Waals surface area contributed by atoms with Crippen molar-refractivity contribution >= 4 is 0 Å². The van der Waals surface area contributed by atoms with Crippen molar-refractivity contribution in [3.63, 3.8) is 0 Å². The summed E-state index contributed by atoms with van der Waals surface area (Å²) in [6.07, 6.45) is 2.43. The van der Waals surface area contributed by atoms with Crippen molar-refractivity contribution < 1.29 is 4.74 Å². The summed E-state index contributed by atoms with van der Waals surface area (Å²) >= 11 is 0. The Morgan fingerprint density at radius 1 is 1.29 bits per heavy atom. The molecule has 0 spiro atoms.